The third-order valence-corrected chi connectivity index (χ3v) is 3.12. The smallest absolute Gasteiger partial charge is 0.119 e. The van der Waals surface area contributed by atoms with Crippen molar-refractivity contribution in [1.82, 2.24) is 5.43 Å². The van der Waals surface area contributed by atoms with Gasteiger partial charge in [0.25, 0.3) is 0 Å². The molecule has 0 radical (unpaired) electrons. The van der Waals surface area contributed by atoms with Crippen molar-refractivity contribution in [2.75, 3.05) is 6.61 Å². The number of rotatable bonds is 5. The molecule has 2 aromatic carbocycles. The third kappa shape index (κ3) is 3.47. The largest absolute Gasteiger partial charge is 0.494 e. The van der Waals surface area contributed by atoms with E-state index in [4.69, 9.17) is 22.2 Å². The molecule has 0 bridgehead atoms. The van der Waals surface area contributed by atoms with Gasteiger partial charge in [0.2, 0.25) is 0 Å². The SMILES string of the molecule is CCOc1cccc(C(NN)c2ccc(Cl)cc2)c1. The summed E-state index contributed by atoms with van der Waals surface area (Å²) in [6.07, 6.45) is 0. The monoisotopic (exact) mass is 276 g/mol. The Kier molecular flexibility index (Phi) is 4.80. The molecule has 1 unspecified atom stereocenters. The average Bonchev–Trinajstić information content (AvgIpc) is 2.43. The summed E-state index contributed by atoms with van der Waals surface area (Å²) in [4.78, 5) is 0. The van der Waals surface area contributed by atoms with Crippen LogP contribution in [-0.2, 0) is 0 Å². The second kappa shape index (κ2) is 6.57. The van der Waals surface area contributed by atoms with Gasteiger partial charge in [0, 0.05) is 5.02 Å². The second-order valence-corrected chi connectivity index (χ2v) is 4.59. The number of ether oxygens (including phenoxy) is 1. The Balaban J connectivity index is 2.30. The molecule has 1 atom stereocenters. The molecule has 100 valence electrons. The predicted octanol–water partition coefficient (Wildman–Crippen LogP) is 3.29. The lowest BCUT2D eigenvalue weighted by atomic mass is 9.99. The van der Waals surface area contributed by atoms with Gasteiger partial charge in [-0.25, -0.2) is 5.43 Å². The zero-order chi connectivity index (χ0) is 13.7. The number of halogens is 1. The molecule has 0 saturated carbocycles. The second-order valence-electron chi connectivity index (χ2n) is 4.16. The summed E-state index contributed by atoms with van der Waals surface area (Å²) in [6.45, 7) is 2.61. The van der Waals surface area contributed by atoms with Crippen LogP contribution in [0.1, 0.15) is 24.1 Å². The number of hydrogen-bond donors (Lipinski definition) is 2. The number of hydrogen-bond acceptors (Lipinski definition) is 3. The van der Waals surface area contributed by atoms with Gasteiger partial charge in [-0.05, 0) is 42.3 Å². The minimum absolute atomic E-state index is 0.0855. The highest BCUT2D eigenvalue weighted by Gasteiger charge is 2.12. The van der Waals surface area contributed by atoms with E-state index in [9.17, 15) is 0 Å². The Hall–Kier alpha value is -1.55. The van der Waals surface area contributed by atoms with Crippen LogP contribution in [0.3, 0.4) is 0 Å². The van der Waals surface area contributed by atoms with Gasteiger partial charge < -0.3 is 4.74 Å². The highest BCUT2D eigenvalue weighted by atomic mass is 35.5. The molecule has 19 heavy (non-hydrogen) atoms. The van der Waals surface area contributed by atoms with Gasteiger partial charge in [-0.3, -0.25) is 5.84 Å². The minimum Gasteiger partial charge on any atom is -0.494 e. The van der Waals surface area contributed by atoms with Crippen molar-refractivity contribution in [1.29, 1.82) is 0 Å². The maximum Gasteiger partial charge on any atom is 0.119 e. The Morgan fingerprint density at radius 1 is 1.16 bits per heavy atom. The number of nitrogens with one attached hydrogen (secondary N) is 1. The van der Waals surface area contributed by atoms with E-state index in [1.807, 2.05) is 55.5 Å². The first kappa shape index (κ1) is 13.9. The van der Waals surface area contributed by atoms with Gasteiger partial charge in [-0.1, -0.05) is 35.9 Å². The molecule has 0 fully saturated rings. The van der Waals surface area contributed by atoms with Crippen molar-refractivity contribution in [2.24, 2.45) is 5.84 Å². The van der Waals surface area contributed by atoms with Crippen molar-refractivity contribution < 1.29 is 4.74 Å². The Morgan fingerprint density at radius 2 is 1.89 bits per heavy atom. The van der Waals surface area contributed by atoms with E-state index >= 15 is 0 Å². The first-order valence-corrected chi connectivity index (χ1v) is 6.56. The average molecular weight is 277 g/mol. The van der Waals surface area contributed by atoms with Crippen LogP contribution in [0.15, 0.2) is 48.5 Å². The molecule has 0 aromatic heterocycles. The zero-order valence-corrected chi connectivity index (χ0v) is 11.5. The predicted molar refractivity (Wildman–Crippen MR) is 78.2 cm³/mol. The van der Waals surface area contributed by atoms with Crippen LogP contribution in [-0.4, -0.2) is 6.61 Å². The van der Waals surface area contributed by atoms with Gasteiger partial charge in [-0.15, -0.1) is 0 Å². The van der Waals surface area contributed by atoms with Crippen LogP contribution in [0.2, 0.25) is 5.02 Å². The van der Waals surface area contributed by atoms with Crippen LogP contribution in [0, 0.1) is 0 Å². The van der Waals surface area contributed by atoms with Crippen molar-refractivity contribution in [2.45, 2.75) is 13.0 Å². The van der Waals surface area contributed by atoms with Crippen LogP contribution in [0.5, 0.6) is 5.75 Å². The molecule has 2 aromatic rings. The standard InChI is InChI=1S/C15H17ClN2O/c1-2-19-14-5-3-4-12(10-14)15(18-17)11-6-8-13(16)9-7-11/h3-10,15,18H,2,17H2,1H3. The summed E-state index contributed by atoms with van der Waals surface area (Å²) in [5.74, 6) is 6.52. The maximum atomic E-state index is 5.90. The lowest BCUT2D eigenvalue weighted by Gasteiger charge is -2.18. The molecule has 0 aliphatic heterocycles. The molecule has 0 aliphatic carbocycles. The highest BCUT2D eigenvalue weighted by Crippen LogP contribution is 2.25. The zero-order valence-electron chi connectivity index (χ0n) is 10.8. The molecule has 4 heteroatoms. The quantitative estimate of drug-likeness (QED) is 0.651. The summed E-state index contributed by atoms with van der Waals surface area (Å²) in [7, 11) is 0. The van der Waals surface area contributed by atoms with Crippen molar-refractivity contribution in [3.63, 3.8) is 0 Å². The fraction of sp³-hybridized carbons (Fsp3) is 0.200. The number of benzene rings is 2. The Labute approximate surface area is 118 Å². The van der Waals surface area contributed by atoms with E-state index in [-0.39, 0.29) is 6.04 Å². The first-order chi connectivity index (χ1) is 9.24. The fourth-order valence-corrected chi connectivity index (χ4v) is 2.12. The molecule has 0 aliphatic rings. The summed E-state index contributed by atoms with van der Waals surface area (Å²) in [6, 6.07) is 15.4. The molecule has 3 nitrogen and oxygen atoms in total. The molecule has 0 spiro atoms. The van der Waals surface area contributed by atoms with Gasteiger partial charge in [0.1, 0.15) is 5.75 Å². The van der Waals surface area contributed by atoms with E-state index in [0.29, 0.717) is 11.6 Å². The van der Waals surface area contributed by atoms with Crippen molar-refractivity contribution >= 4 is 11.6 Å². The van der Waals surface area contributed by atoms with E-state index < -0.39 is 0 Å². The lowest BCUT2D eigenvalue weighted by molar-refractivity contribution is 0.339. The topological polar surface area (TPSA) is 47.3 Å². The molecule has 0 heterocycles. The van der Waals surface area contributed by atoms with Gasteiger partial charge in [0.05, 0.1) is 12.6 Å². The van der Waals surface area contributed by atoms with Crippen molar-refractivity contribution in [3.05, 3.63) is 64.7 Å². The van der Waals surface area contributed by atoms with Gasteiger partial charge in [0.15, 0.2) is 0 Å². The number of nitrogens with two attached hydrogens (primary N) is 1. The molecule has 0 saturated heterocycles. The van der Waals surface area contributed by atoms with Gasteiger partial charge in [-0.2, -0.15) is 0 Å². The molecular formula is C15H17ClN2O. The highest BCUT2D eigenvalue weighted by molar-refractivity contribution is 6.30. The Morgan fingerprint density at radius 3 is 2.53 bits per heavy atom. The van der Waals surface area contributed by atoms with E-state index in [0.717, 1.165) is 16.9 Å². The molecule has 3 N–H and O–H groups in total. The minimum atomic E-state index is -0.0855. The van der Waals surface area contributed by atoms with Crippen LogP contribution in [0.4, 0.5) is 0 Å². The fourth-order valence-electron chi connectivity index (χ4n) is 1.99. The summed E-state index contributed by atoms with van der Waals surface area (Å²) in [5.41, 5.74) is 4.93. The van der Waals surface area contributed by atoms with Gasteiger partial charge >= 0.3 is 0 Å². The van der Waals surface area contributed by atoms with E-state index in [2.05, 4.69) is 5.43 Å². The Bertz CT molecular complexity index is 528. The van der Waals surface area contributed by atoms with Crippen LogP contribution < -0.4 is 16.0 Å². The molecule has 2 rings (SSSR count). The first-order valence-electron chi connectivity index (χ1n) is 6.19. The van der Waals surface area contributed by atoms with Crippen LogP contribution in [0.25, 0.3) is 0 Å². The maximum absolute atomic E-state index is 5.90. The van der Waals surface area contributed by atoms with Crippen molar-refractivity contribution in [3.8, 4) is 5.75 Å². The number of hydrazine groups is 1. The normalized spacial score (nSPS) is 12.2. The van der Waals surface area contributed by atoms with E-state index in [1.165, 1.54) is 0 Å². The third-order valence-electron chi connectivity index (χ3n) is 2.87. The molecule has 0 amide bonds. The summed E-state index contributed by atoms with van der Waals surface area (Å²) in [5, 5.41) is 0.711. The lowest BCUT2D eigenvalue weighted by Crippen LogP contribution is -2.28. The molecular weight excluding hydrogens is 260 g/mol. The van der Waals surface area contributed by atoms with E-state index in [1.54, 1.807) is 0 Å². The van der Waals surface area contributed by atoms with Crippen LogP contribution >= 0.6 is 11.6 Å². The summed E-state index contributed by atoms with van der Waals surface area (Å²) < 4.78 is 5.51. The summed E-state index contributed by atoms with van der Waals surface area (Å²) >= 11 is 5.90.